The number of rotatable bonds is 5. The van der Waals surface area contributed by atoms with Crippen molar-refractivity contribution >= 4 is 12.2 Å². The minimum absolute atomic E-state index is 0.344. The second-order valence-electron chi connectivity index (χ2n) is 4.67. The molecule has 0 aliphatic heterocycles. The third-order valence-corrected chi connectivity index (χ3v) is 3.12. The molecule has 0 bridgehead atoms. The molecule has 0 radical (unpaired) electrons. The first kappa shape index (κ1) is 14.6. The summed E-state index contributed by atoms with van der Waals surface area (Å²) in [5.74, 6) is 1.15. The van der Waals surface area contributed by atoms with Gasteiger partial charge in [-0.15, -0.1) is 5.10 Å². The van der Waals surface area contributed by atoms with E-state index in [1.165, 1.54) is 0 Å². The zero-order chi connectivity index (χ0) is 15.9. The summed E-state index contributed by atoms with van der Waals surface area (Å²) in [6.07, 6.45) is 3.30. The Balaban J connectivity index is 1.69. The van der Waals surface area contributed by atoms with E-state index < -0.39 is 0 Å². The highest BCUT2D eigenvalue weighted by molar-refractivity contribution is 5.80. The number of ether oxygens (including phenoxy) is 1. The van der Waals surface area contributed by atoms with Gasteiger partial charge in [0.2, 0.25) is 0 Å². The van der Waals surface area contributed by atoms with Crippen LogP contribution in [0.1, 0.15) is 5.56 Å². The van der Waals surface area contributed by atoms with Crippen LogP contribution in [-0.4, -0.2) is 28.5 Å². The molecule has 114 valence electrons. The summed E-state index contributed by atoms with van der Waals surface area (Å²) in [5, 5.41) is 12.0. The topological polar surface area (TPSA) is 72.3 Å². The molecule has 6 nitrogen and oxygen atoms in total. The fourth-order valence-electron chi connectivity index (χ4n) is 1.95. The summed E-state index contributed by atoms with van der Waals surface area (Å²) in [6, 6.07) is 17.3. The van der Waals surface area contributed by atoms with Crippen molar-refractivity contribution in [2.24, 2.45) is 5.10 Å². The highest BCUT2D eigenvalue weighted by atomic mass is 16.5. The first-order valence-corrected chi connectivity index (χ1v) is 7.03. The first-order chi connectivity index (χ1) is 11.3. The maximum absolute atomic E-state index is 5.11. The molecule has 0 fully saturated rings. The van der Waals surface area contributed by atoms with Crippen LogP contribution in [0.25, 0.3) is 11.3 Å². The van der Waals surface area contributed by atoms with Crippen molar-refractivity contribution in [3.63, 3.8) is 0 Å². The van der Waals surface area contributed by atoms with Crippen LogP contribution in [0.4, 0.5) is 5.95 Å². The molecule has 2 aromatic carbocycles. The van der Waals surface area contributed by atoms with Gasteiger partial charge in [-0.1, -0.05) is 30.3 Å². The molecule has 6 heteroatoms. The van der Waals surface area contributed by atoms with Crippen LogP contribution in [0.15, 0.2) is 65.9 Å². The van der Waals surface area contributed by atoms with Crippen molar-refractivity contribution < 1.29 is 4.74 Å². The Kier molecular flexibility index (Phi) is 4.54. The SMILES string of the molecule is COc1ccc(/C=N\Nc2nncc(-c3ccccc3)n2)cc1. The summed E-state index contributed by atoms with van der Waals surface area (Å²) in [6.45, 7) is 0. The van der Waals surface area contributed by atoms with E-state index in [4.69, 9.17) is 4.74 Å². The molecular formula is C17H15N5O. The molecule has 3 aromatic rings. The second-order valence-corrected chi connectivity index (χ2v) is 4.67. The van der Waals surface area contributed by atoms with Gasteiger partial charge in [0.05, 0.1) is 25.2 Å². The van der Waals surface area contributed by atoms with E-state index in [1.807, 2.05) is 54.6 Å². The number of benzene rings is 2. The lowest BCUT2D eigenvalue weighted by atomic mass is 10.2. The lowest BCUT2D eigenvalue weighted by Crippen LogP contribution is -1.99. The van der Waals surface area contributed by atoms with Crippen molar-refractivity contribution in [2.75, 3.05) is 12.5 Å². The number of nitrogens with one attached hydrogen (secondary N) is 1. The molecule has 0 aliphatic rings. The maximum Gasteiger partial charge on any atom is 0.263 e. The van der Waals surface area contributed by atoms with E-state index in [-0.39, 0.29) is 0 Å². The predicted octanol–water partition coefficient (Wildman–Crippen LogP) is 2.99. The zero-order valence-corrected chi connectivity index (χ0v) is 12.5. The van der Waals surface area contributed by atoms with E-state index in [2.05, 4.69) is 25.7 Å². The number of anilines is 1. The average Bonchev–Trinajstić information content (AvgIpc) is 2.63. The second kappa shape index (κ2) is 7.13. The van der Waals surface area contributed by atoms with Crippen LogP contribution in [0.3, 0.4) is 0 Å². The Bertz CT molecular complexity index is 788. The zero-order valence-electron chi connectivity index (χ0n) is 12.5. The highest BCUT2D eigenvalue weighted by Crippen LogP contribution is 2.15. The van der Waals surface area contributed by atoms with E-state index in [1.54, 1.807) is 19.5 Å². The number of hydrogen-bond acceptors (Lipinski definition) is 6. The molecular weight excluding hydrogens is 290 g/mol. The van der Waals surface area contributed by atoms with Gasteiger partial charge in [-0.3, -0.25) is 0 Å². The third kappa shape index (κ3) is 3.88. The molecule has 1 aromatic heterocycles. The Hall–Kier alpha value is -3.28. The lowest BCUT2D eigenvalue weighted by molar-refractivity contribution is 0.415. The van der Waals surface area contributed by atoms with E-state index in [0.29, 0.717) is 5.95 Å². The monoisotopic (exact) mass is 305 g/mol. The third-order valence-electron chi connectivity index (χ3n) is 3.12. The standard InChI is InChI=1S/C17H15N5O/c1-23-15-9-7-13(8-10-15)11-18-21-17-20-16(12-19-22-17)14-5-3-2-4-6-14/h2-12H,1H3,(H,20,21,22)/b18-11-. The van der Waals surface area contributed by atoms with Crippen LogP contribution < -0.4 is 10.2 Å². The van der Waals surface area contributed by atoms with Gasteiger partial charge in [-0.2, -0.15) is 10.2 Å². The summed E-state index contributed by atoms with van der Waals surface area (Å²) in [7, 11) is 1.63. The molecule has 0 unspecified atom stereocenters. The van der Waals surface area contributed by atoms with Gasteiger partial charge in [0.15, 0.2) is 0 Å². The normalized spacial score (nSPS) is 10.7. The smallest absolute Gasteiger partial charge is 0.263 e. The molecule has 0 spiro atoms. The minimum Gasteiger partial charge on any atom is -0.497 e. The molecule has 23 heavy (non-hydrogen) atoms. The first-order valence-electron chi connectivity index (χ1n) is 7.03. The molecule has 0 saturated carbocycles. The van der Waals surface area contributed by atoms with E-state index >= 15 is 0 Å². The molecule has 1 heterocycles. The fourth-order valence-corrected chi connectivity index (χ4v) is 1.95. The fraction of sp³-hybridized carbons (Fsp3) is 0.0588. The van der Waals surface area contributed by atoms with Gasteiger partial charge in [0.25, 0.3) is 5.95 Å². The Morgan fingerprint density at radius 2 is 1.83 bits per heavy atom. The van der Waals surface area contributed by atoms with Crippen molar-refractivity contribution in [1.82, 2.24) is 15.2 Å². The number of nitrogens with zero attached hydrogens (tertiary/aromatic N) is 4. The molecule has 0 aliphatic carbocycles. The molecule has 1 N–H and O–H groups in total. The molecule has 0 amide bonds. The summed E-state index contributed by atoms with van der Waals surface area (Å²) < 4.78 is 5.11. The van der Waals surface area contributed by atoms with Crippen molar-refractivity contribution in [3.8, 4) is 17.0 Å². The summed E-state index contributed by atoms with van der Waals surface area (Å²) in [4.78, 5) is 4.38. The van der Waals surface area contributed by atoms with Crippen LogP contribution in [0.5, 0.6) is 5.75 Å². The number of aromatic nitrogens is 3. The molecule has 0 saturated heterocycles. The predicted molar refractivity (Wildman–Crippen MR) is 89.5 cm³/mol. The number of hydrazone groups is 1. The molecule has 3 rings (SSSR count). The van der Waals surface area contributed by atoms with Gasteiger partial charge in [0, 0.05) is 5.56 Å². The average molecular weight is 305 g/mol. The highest BCUT2D eigenvalue weighted by Gasteiger charge is 2.01. The van der Waals surface area contributed by atoms with Gasteiger partial charge in [0.1, 0.15) is 5.75 Å². The lowest BCUT2D eigenvalue weighted by Gasteiger charge is -2.02. The van der Waals surface area contributed by atoms with Crippen molar-refractivity contribution in [2.45, 2.75) is 0 Å². The van der Waals surface area contributed by atoms with Crippen LogP contribution in [0, 0.1) is 0 Å². The van der Waals surface area contributed by atoms with E-state index in [9.17, 15) is 0 Å². The maximum atomic E-state index is 5.11. The van der Waals surface area contributed by atoms with Gasteiger partial charge < -0.3 is 4.74 Å². The van der Waals surface area contributed by atoms with Crippen LogP contribution in [-0.2, 0) is 0 Å². The summed E-state index contributed by atoms with van der Waals surface area (Å²) in [5.41, 5.74) is 5.44. The van der Waals surface area contributed by atoms with Gasteiger partial charge >= 0.3 is 0 Å². The van der Waals surface area contributed by atoms with Gasteiger partial charge in [-0.25, -0.2) is 10.4 Å². The summed E-state index contributed by atoms with van der Waals surface area (Å²) >= 11 is 0. The Labute approximate surface area is 133 Å². The van der Waals surface area contributed by atoms with Crippen molar-refractivity contribution in [3.05, 3.63) is 66.4 Å². The number of methoxy groups -OCH3 is 1. The van der Waals surface area contributed by atoms with Gasteiger partial charge in [-0.05, 0) is 29.8 Å². The number of hydrogen-bond donors (Lipinski definition) is 1. The Morgan fingerprint density at radius 1 is 1.04 bits per heavy atom. The van der Waals surface area contributed by atoms with E-state index in [0.717, 1.165) is 22.6 Å². The largest absolute Gasteiger partial charge is 0.497 e. The van der Waals surface area contributed by atoms with Crippen LogP contribution in [0.2, 0.25) is 0 Å². The van der Waals surface area contributed by atoms with Crippen molar-refractivity contribution in [1.29, 1.82) is 0 Å². The molecule has 0 atom stereocenters. The minimum atomic E-state index is 0.344. The quantitative estimate of drug-likeness (QED) is 0.579. The Morgan fingerprint density at radius 3 is 2.57 bits per heavy atom. The van der Waals surface area contributed by atoms with Crippen LogP contribution >= 0.6 is 0 Å².